The van der Waals surface area contributed by atoms with Crippen molar-refractivity contribution < 1.29 is 19.1 Å². The van der Waals surface area contributed by atoms with Gasteiger partial charge in [-0.3, -0.25) is 19.3 Å². The summed E-state index contributed by atoms with van der Waals surface area (Å²) in [4.78, 5) is 36.0. The van der Waals surface area contributed by atoms with Crippen molar-refractivity contribution in [3.8, 4) is 5.75 Å². The number of rotatable bonds is 5. The average Bonchev–Trinajstić information content (AvgIpc) is 2.89. The van der Waals surface area contributed by atoms with Crippen LogP contribution in [0.3, 0.4) is 0 Å². The molecule has 0 radical (unpaired) electrons. The maximum Gasteiger partial charge on any atom is 0.261 e. The van der Waals surface area contributed by atoms with Crippen LogP contribution < -0.4 is 4.74 Å². The lowest BCUT2D eigenvalue weighted by Crippen LogP contribution is -2.33. The number of nitrogens with zero attached hydrogens (tertiary/aromatic N) is 1. The van der Waals surface area contributed by atoms with E-state index in [1.54, 1.807) is 48.5 Å². The normalized spacial score (nSPS) is 12.3. The fraction of sp³-hybridized carbons (Fsp3) is 0.211. The molecule has 2 aromatic rings. The van der Waals surface area contributed by atoms with Crippen LogP contribution in [0.5, 0.6) is 5.75 Å². The molecular weight excluding hydrogens is 306 g/mol. The maximum atomic E-state index is 12.1. The fourth-order valence-electron chi connectivity index (χ4n) is 2.34. The van der Waals surface area contributed by atoms with Crippen molar-refractivity contribution in [1.82, 2.24) is 4.90 Å². The second-order valence-electron chi connectivity index (χ2n) is 4.84. The van der Waals surface area contributed by atoms with E-state index in [1.165, 1.54) is 4.90 Å². The lowest BCUT2D eigenvalue weighted by molar-refractivity contribution is 0.0631. The van der Waals surface area contributed by atoms with Crippen LogP contribution in [0.2, 0.25) is 0 Å². The minimum Gasteiger partial charge on any atom is -0.492 e. The molecule has 0 saturated heterocycles. The zero-order chi connectivity index (χ0) is 17.5. The van der Waals surface area contributed by atoms with E-state index in [9.17, 15) is 14.4 Å². The molecule has 5 heteroatoms. The van der Waals surface area contributed by atoms with Gasteiger partial charge >= 0.3 is 0 Å². The van der Waals surface area contributed by atoms with Crippen molar-refractivity contribution in [3.63, 3.8) is 0 Å². The van der Waals surface area contributed by atoms with E-state index >= 15 is 0 Å². The molecule has 0 aliphatic carbocycles. The summed E-state index contributed by atoms with van der Waals surface area (Å²) in [7, 11) is 0. The summed E-state index contributed by atoms with van der Waals surface area (Å²) in [5, 5.41) is 0. The van der Waals surface area contributed by atoms with Crippen molar-refractivity contribution in [3.05, 3.63) is 65.2 Å². The number of hydrogen-bond acceptors (Lipinski definition) is 4. The molecule has 1 aliphatic heterocycles. The summed E-state index contributed by atoms with van der Waals surface area (Å²) < 4.78 is 5.50. The fourth-order valence-corrected chi connectivity index (χ4v) is 2.34. The maximum absolute atomic E-state index is 12.1. The van der Waals surface area contributed by atoms with Gasteiger partial charge in [0.25, 0.3) is 11.8 Å². The van der Waals surface area contributed by atoms with E-state index in [0.29, 0.717) is 22.4 Å². The number of amides is 2. The quantitative estimate of drug-likeness (QED) is 0.625. The molecule has 2 amide bonds. The zero-order valence-corrected chi connectivity index (χ0v) is 13.7. The lowest BCUT2D eigenvalue weighted by Gasteiger charge is -2.14. The third kappa shape index (κ3) is 3.51. The minimum atomic E-state index is -0.291. The van der Waals surface area contributed by atoms with Crippen molar-refractivity contribution in [2.75, 3.05) is 13.2 Å². The van der Waals surface area contributed by atoms with Crippen LogP contribution in [0.15, 0.2) is 48.5 Å². The Kier molecular flexibility index (Phi) is 5.84. The molecule has 0 fully saturated rings. The minimum absolute atomic E-state index is 0.182. The van der Waals surface area contributed by atoms with Crippen LogP contribution >= 0.6 is 0 Å². The Hall–Kier alpha value is -2.95. The Balaban J connectivity index is 0.00000100. The highest BCUT2D eigenvalue weighted by Crippen LogP contribution is 2.22. The van der Waals surface area contributed by atoms with Gasteiger partial charge in [0.15, 0.2) is 0 Å². The molecule has 0 atom stereocenters. The van der Waals surface area contributed by atoms with Gasteiger partial charge in [0, 0.05) is 5.56 Å². The predicted octanol–water partition coefficient (Wildman–Crippen LogP) is 3.20. The van der Waals surface area contributed by atoms with Crippen LogP contribution in [-0.4, -0.2) is 36.2 Å². The van der Waals surface area contributed by atoms with E-state index in [1.807, 2.05) is 13.8 Å². The van der Waals surface area contributed by atoms with Gasteiger partial charge in [-0.1, -0.05) is 26.0 Å². The number of imide groups is 1. The molecule has 5 nitrogen and oxygen atoms in total. The number of benzene rings is 2. The van der Waals surface area contributed by atoms with E-state index in [0.717, 1.165) is 6.29 Å². The molecule has 0 unspecified atom stereocenters. The molecule has 0 spiro atoms. The molecule has 0 aromatic heterocycles. The van der Waals surface area contributed by atoms with Crippen LogP contribution in [0, 0.1) is 0 Å². The molecule has 1 heterocycles. The Morgan fingerprint density at radius 1 is 0.917 bits per heavy atom. The average molecular weight is 325 g/mol. The van der Waals surface area contributed by atoms with Crippen molar-refractivity contribution in [2.45, 2.75) is 13.8 Å². The number of hydrogen-bond donors (Lipinski definition) is 0. The Morgan fingerprint density at radius 3 is 1.96 bits per heavy atom. The molecule has 0 bridgehead atoms. The SMILES string of the molecule is CC.O=Cc1ccc(OCCN2C(=O)c3ccccc3C2=O)cc1. The smallest absolute Gasteiger partial charge is 0.261 e. The first kappa shape index (κ1) is 17.4. The Labute approximate surface area is 140 Å². The van der Waals surface area contributed by atoms with Crippen molar-refractivity contribution in [1.29, 1.82) is 0 Å². The second kappa shape index (κ2) is 8.06. The summed E-state index contributed by atoms with van der Waals surface area (Å²) in [6, 6.07) is 13.4. The van der Waals surface area contributed by atoms with Gasteiger partial charge in [0.1, 0.15) is 18.6 Å². The number of carbonyl (C=O) groups excluding carboxylic acids is 3. The number of ether oxygens (including phenoxy) is 1. The van der Waals surface area contributed by atoms with Crippen molar-refractivity contribution >= 4 is 18.1 Å². The van der Waals surface area contributed by atoms with Gasteiger partial charge < -0.3 is 4.74 Å². The van der Waals surface area contributed by atoms with Crippen LogP contribution in [0.4, 0.5) is 0 Å². The summed E-state index contributed by atoms with van der Waals surface area (Å²) in [6.45, 7) is 4.38. The van der Waals surface area contributed by atoms with E-state index in [4.69, 9.17) is 4.74 Å². The highest BCUT2D eigenvalue weighted by atomic mass is 16.5. The van der Waals surface area contributed by atoms with Crippen molar-refractivity contribution in [2.24, 2.45) is 0 Å². The first-order chi connectivity index (χ1) is 11.7. The highest BCUT2D eigenvalue weighted by molar-refractivity contribution is 6.21. The monoisotopic (exact) mass is 325 g/mol. The molecule has 0 N–H and O–H groups in total. The standard InChI is InChI=1S/C17H13NO4.C2H6/c19-11-12-5-7-13(8-6-12)22-10-9-18-16(20)14-3-1-2-4-15(14)17(18)21;1-2/h1-8,11H,9-10H2;1-2H3. The lowest BCUT2D eigenvalue weighted by atomic mass is 10.1. The van der Waals surface area contributed by atoms with Gasteiger partial charge in [-0.15, -0.1) is 0 Å². The number of fused-ring (bicyclic) bond motifs is 1. The first-order valence-electron chi connectivity index (χ1n) is 7.84. The Morgan fingerprint density at radius 2 is 1.46 bits per heavy atom. The summed E-state index contributed by atoms with van der Waals surface area (Å²) >= 11 is 0. The highest BCUT2D eigenvalue weighted by Gasteiger charge is 2.34. The van der Waals surface area contributed by atoms with Crippen LogP contribution in [0.25, 0.3) is 0 Å². The largest absolute Gasteiger partial charge is 0.492 e. The summed E-state index contributed by atoms with van der Waals surface area (Å²) in [5.41, 5.74) is 1.43. The topological polar surface area (TPSA) is 63.7 Å². The zero-order valence-electron chi connectivity index (χ0n) is 13.7. The molecule has 1 aliphatic rings. The molecule has 24 heavy (non-hydrogen) atoms. The summed E-state index contributed by atoms with van der Waals surface area (Å²) in [5.74, 6) is 0.00298. The van der Waals surface area contributed by atoms with Gasteiger partial charge in [-0.05, 0) is 36.4 Å². The molecule has 3 rings (SSSR count). The third-order valence-corrected chi connectivity index (χ3v) is 3.48. The molecule has 124 valence electrons. The first-order valence-corrected chi connectivity index (χ1v) is 7.84. The van der Waals surface area contributed by atoms with Crippen LogP contribution in [0.1, 0.15) is 44.9 Å². The van der Waals surface area contributed by atoms with Gasteiger partial charge in [0.05, 0.1) is 17.7 Å². The molecule has 2 aromatic carbocycles. The molecular formula is C19H19NO4. The van der Waals surface area contributed by atoms with Gasteiger partial charge in [-0.2, -0.15) is 0 Å². The Bertz CT molecular complexity index is 702. The van der Waals surface area contributed by atoms with E-state index in [2.05, 4.69) is 0 Å². The second-order valence-corrected chi connectivity index (χ2v) is 4.84. The molecule has 0 saturated carbocycles. The third-order valence-electron chi connectivity index (χ3n) is 3.48. The number of aldehydes is 1. The van der Waals surface area contributed by atoms with E-state index < -0.39 is 0 Å². The summed E-state index contributed by atoms with van der Waals surface area (Å²) in [6.07, 6.45) is 0.753. The number of carbonyl (C=O) groups is 3. The predicted molar refractivity (Wildman–Crippen MR) is 90.5 cm³/mol. The van der Waals surface area contributed by atoms with Gasteiger partial charge in [0.2, 0.25) is 0 Å². The van der Waals surface area contributed by atoms with E-state index in [-0.39, 0.29) is 25.0 Å². The van der Waals surface area contributed by atoms with Crippen LogP contribution in [-0.2, 0) is 0 Å². The van der Waals surface area contributed by atoms with Gasteiger partial charge in [-0.25, -0.2) is 0 Å².